The lowest BCUT2D eigenvalue weighted by atomic mass is 9.96. The van der Waals surface area contributed by atoms with Gasteiger partial charge in [0, 0.05) is 29.5 Å². The predicted octanol–water partition coefficient (Wildman–Crippen LogP) is 5.93. The van der Waals surface area contributed by atoms with E-state index in [2.05, 4.69) is 89.9 Å². The van der Waals surface area contributed by atoms with Gasteiger partial charge in [0.2, 0.25) is 0 Å². The summed E-state index contributed by atoms with van der Waals surface area (Å²) >= 11 is 5.90. The number of benzene rings is 1. The molecule has 172 valence electrons. The van der Waals surface area contributed by atoms with E-state index in [0.29, 0.717) is 5.11 Å². The average Bonchev–Trinajstić information content (AvgIpc) is 3.35. The van der Waals surface area contributed by atoms with Gasteiger partial charge in [-0.3, -0.25) is 4.98 Å². The van der Waals surface area contributed by atoms with Crippen LogP contribution in [0.3, 0.4) is 0 Å². The fraction of sp³-hybridized carbons (Fsp3) is 0.250. The molecule has 34 heavy (non-hydrogen) atoms. The second-order valence-corrected chi connectivity index (χ2v) is 9.21. The molecule has 0 spiro atoms. The molecule has 1 saturated heterocycles. The van der Waals surface area contributed by atoms with Crippen molar-refractivity contribution in [3.8, 4) is 5.82 Å². The van der Waals surface area contributed by atoms with Crippen LogP contribution in [0.25, 0.3) is 5.82 Å². The molecule has 0 bridgehead atoms. The first-order valence-corrected chi connectivity index (χ1v) is 12.1. The van der Waals surface area contributed by atoms with Crippen LogP contribution in [-0.4, -0.2) is 19.6 Å². The van der Waals surface area contributed by atoms with E-state index in [9.17, 15) is 0 Å². The molecule has 1 aliphatic rings. The molecule has 6 heteroatoms. The molecule has 1 fully saturated rings. The Morgan fingerprint density at radius 3 is 2.38 bits per heavy atom. The van der Waals surface area contributed by atoms with E-state index < -0.39 is 0 Å². The highest BCUT2D eigenvalue weighted by Gasteiger charge is 2.42. The largest absolute Gasteiger partial charge is 0.351 e. The summed E-state index contributed by atoms with van der Waals surface area (Å²) < 4.78 is 2.25. The summed E-state index contributed by atoms with van der Waals surface area (Å²) in [6.45, 7) is 8.59. The van der Waals surface area contributed by atoms with Crippen LogP contribution in [0.15, 0.2) is 73.1 Å². The highest BCUT2D eigenvalue weighted by Crippen LogP contribution is 2.43. The standard InChI is InChI=1S/C28H29N5S/c1-5-21-11-13-22(14-12-21)33-26(25(31-28(33)34)24-10-6-7-15-29-24)23-17-19(3)32(20(23)4)27-18(2)9-8-16-30-27/h6-17,25-26H,5H2,1-4H3,(H,31,34)/t25-,26-/m0/s1. The molecule has 1 aliphatic heterocycles. The monoisotopic (exact) mass is 467 g/mol. The molecular formula is C28H29N5S. The maximum absolute atomic E-state index is 5.90. The van der Waals surface area contributed by atoms with E-state index in [1.165, 1.54) is 11.1 Å². The zero-order chi connectivity index (χ0) is 23.8. The van der Waals surface area contributed by atoms with Crippen molar-refractivity contribution >= 4 is 23.0 Å². The van der Waals surface area contributed by atoms with E-state index in [1.807, 2.05) is 30.6 Å². The van der Waals surface area contributed by atoms with Crippen LogP contribution in [0, 0.1) is 20.8 Å². The Hall–Kier alpha value is -3.51. The molecule has 2 atom stereocenters. The predicted molar refractivity (Wildman–Crippen MR) is 142 cm³/mol. The van der Waals surface area contributed by atoms with Crippen molar-refractivity contribution in [1.82, 2.24) is 19.9 Å². The van der Waals surface area contributed by atoms with Gasteiger partial charge in [-0.1, -0.05) is 31.2 Å². The molecule has 4 aromatic rings. The third kappa shape index (κ3) is 3.78. The molecule has 1 aromatic carbocycles. The number of hydrogen-bond acceptors (Lipinski definition) is 3. The number of thiocarbonyl (C=S) groups is 1. The highest BCUT2D eigenvalue weighted by atomic mass is 32.1. The van der Waals surface area contributed by atoms with E-state index in [1.54, 1.807) is 0 Å². The highest BCUT2D eigenvalue weighted by molar-refractivity contribution is 7.80. The van der Waals surface area contributed by atoms with Gasteiger partial charge in [0.05, 0.1) is 17.8 Å². The molecule has 0 aliphatic carbocycles. The Bertz CT molecular complexity index is 1330. The summed E-state index contributed by atoms with van der Waals surface area (Å²) in [6, 6.07) is 21.0. The number of aryl methyl sites for hydroxylation is 3. The minimum Gasteiger partial charge on any atom is -0.351 e. The lowest BCUT2D eigenvalue weighted by Crippen LogP contribution is -2.29. The van der Waals surface area contributed by atoms with Crippen LogP contribution < -0.4 is 10.2 Å². The van der Waals surface area contributed by atoms with Crippen molar-refractivity contribution < 1.29 is 0 Å². The van der Waals surface area contributed by atoms with Gasteiger partial charge < -0.3 is 14.8 Å². The molecule has 5 nitrogen and oxygen atoms in total. The molecule has 4 heterocycles. The molecular weight excluding hydrogens is 438 g/mol. The Kier molecular flexibility index (Phi) is 5.92. The number of aromatic nitrogens is 3. The summed E-state index contributed by atoms with van der Waals surface area (Å²) in [7, 11) is 0. The summed E-state index contributed by atoms with van der Waals surface area (Å²) in [4.78, 5) is 11.6. The maximum Gasteiger partial charge on any atom is 0.174 e. The third-order valence-electron chi connectivity index (χ3n) is 6.70. The number of nitrogens with one attached hydrogen (secondary N) is 1. The van der Waals surface area contributed by atoms with Crippen LogP contribution in [0.4, 0.5) is 5.69 Å². The van der Waals surface area contributed by atoms with Gasteiger partial charge in [0.15, 0.2) is 5.11 Å². The summed E-state index contributed by atoms with van der Waals surface area (Å²) in [5.41, 5.74) is 8.02. The van der Waals surface area contributed by atoms with Crippen LogP contribution in [0.5, 0.6) is 0 Å². The normalized spacial score (nSPS) is 17.8. The van der Waals surface area contributed by atoms with Crippen molar-refractivity contribution in [3.05, 3.63) is 107 Å². The number of rotatable bonds is 5. The zero-order valence-electron chi connectivity index (χ0n) is 20.0. The van der Waals surface area contributed by atoms with Crippen LogP contribution in [-0.2, 0) is 6.42 Å². The fourth-order valence-corrected chi connectivity index (χ4v) is 5.31. The Labute approximate surface area is 206 Å². The minimum absolute atomic E-state index is 0.0427. The average molecular weight is 468 g/mol. The van der Waals surface area contributed by atoms with Gasteiger partial charge in [-0.2, -0.15) is 0 Å². The van der Waals surface area contributed by atoms with Gasteiger partial charge >= 0.3 is 0 Å². The van der Waals surface area contributed by atoms with Crippen LogP contribution in [0.1, 0.15) is 52.8 Å². The Balaban J connectivity index is 1.68. The van der Waals surface area contributed by atoms with E-state index in [4.69, 9.17) is 17.2 Å². The Morgan fingerprint density at radius 2 is 1.71 bits per heavy atom. The summed E-state index contributed by atoms with van der Waals surface area (Å²) in [5, 5.41) is 4.28. The third-order valence-corrected chi connectivity index (χ3v) is 7.02. The molecule has 3 aromatic heterocycles. The molecule has 0 radical (unpaired) electrons. The van der Waals surface area contributed by atoms with Gasteiger partial charge in [-0.25, -0.2) is 4.98 Å². The Morgan fingerprint density at radius 1 is 0.941 bits per heavy atom. The summed E-state index contributed by atoms with van der Waals surface area (Å²) in [6.07, 6.45) is 4.70. The minimum atomic E-state index is -0.0710. The smallest absolute Gasteiger partial charge is 0.174 e. The maximum atomic E-state index is 5.90. The molecule has 0 unspecified atom stereocenters. The topological polar surface area (TPSA) is 46.0 Å². The SMILES string of the molecule is CCc1ccc(N2C(=S)N[C@@H](c3ccccn3)[C@@H]2c2cc(C)n(-c3ncccc3C)c2C)cc1. The van der Waals surface area contributed by atoms with Crippen molar-refractivity contribution in [1.29, 1.82) is 0 Å². The molecule has 1 N–H and O–H groups in total. The first-order valence-electron chi connectivity index (χ1n) is 11.7. The van der Waals surface area contributed by atoms with Crippen LogP contribution >= 0.6 is 12.2 Å². The van der Waals surface area contributed by atoms with Gasteiger partial charge in [-0.15, -0.1) is 0 Å². The second-order valence-electron chi connectivity index (χ2n) is 8.82. The molecule has 0 saturated carbocycles. The lowest BCUT2D eigenvalue weighted by Gasteiger charge is -2.28. The quantitative estimate of drug-likeness (QED) is 0.369. The molecule has 0 amide bonds. The number of anilines is 1. The first-order chi connectivity index (χ1) is 16.5. The summed E-state index contributed by atoms with van der Waals surface area (Å²) in [5.74, 6) is 0.963. The number of hydrogen-bond donors (Lipinski definition) is 1. The second kappa shape index (κ2) is 9.03. The van der Waals surface area contributed by atoms with Gasteiger partial charge in [-0.05, 0) is 92.5 Å². The fourth-order valence-electron chi connectivity index (χ4n) is 4.97. The molecule has 5 rings (SSSR count). The number of pyridine rings is 2. The number of nitrogens with zero attached hydrogens (tertiary/aromatic N) is 4. The van der Waals surface area contributed by atoms with E-state index in [0.717, 1.165) is 40.6 Å². The van der Waals surface area contributed by atoms with Gasteiger partial charge in [0.25, 0.3) is 0 Å². The van der Waals surface area contributed by atoms with Crippen molar-refractivity contribution in [2.75, 3.05) is 4.90 Å². The van der Waals surface area contributed by atoms with E-state index in [-0.39, 0.29) is 12.1 Å². The van der Waals surface area contributed by atoms with Crippen molar-refractivity contribution in [2.45, 2.75) is 46.2 Å². The van der Waals surface area contributed by atoms with Crippen molar-refractivity contribution in [2.24, 2.45) is 0 Å². The zero-order valence-corrected chi connectivity index (χ0v) is 20.8. The van der Waals surface area contributed by atoms with E-state index >= 15 is 0 Å². The van der Waals surface area contributed by atoms with Crippen LogP contribution in [0.2, 0.25) is 0 Å². The van der Waals surface area contributed by atoms with Crippen molar-refractivity contribution in [3.63, 3.8) is 0 Å². The lowest BCUT2D eigenvalue weighted by molar-refractivity contribution is 0.565. The first kappa shape index (κ1) is 22.3. The van der Waals surface area contributed by atoms with Gasteiger partial charge in [0.1, 0.15) is 5.82 Å².